The van der Waals surface area contributed by atoms with Crippen LogP contribution >= 0.6 is 0 Å². The highest BCUT2D eigenvalue weighted by Crippen LogP contribution is 2.42. The van der Waals surface area contributed by atoms with Gasteiger partial charge in [0.05, 0.1) is 11.4 Å². The molecule has 2 aliphatic carbocycles. The SMILES string of the molecule is O=S(=O)(O)C1CCC2CCC(O)CC2C1. The quantitative estimate of drug-likeness (QED) is 0.669. The normalized spacial score (nSPS) is 42.3. The van der Waals surface area contributed by atoms with Crippen molar-refractivity contribution >= 4 is 10.1 Å². The van der Waals surface area contributed by atoms with E-state index in [1.165, 1.54) is 0 Å². The first-order chi connectivity index (χ1) is 6.97. The average Bonchev–Trinajstić information content (AvgIpc) is 2.15. The molecular formula is C10H18O4S. The molecule has 2 N–H and O–H groups in total. The molecule has 5 heteroatoms. The molecule has 4 nitrogen and oxygen atoms in total. The van der Waals surface area contributed by atoms with Crippen molar-refractivity contribution in [2.45, 2.75) is 49.9 Å². The molecule has 0 bridgehead atoms. The summed E-state index contributed by atoms with van der Waals surface area (Å²) in [5, 5.41) is 8.93. The first-order valence-corrected chi connectivity index (χ1v) is 7.11. The van der Waals surface area contributed by atoms with Crippen molar-refractivity contribution in [3.05, 3.63) is 0 Å². The van der Waals surface area contributed by atoms with E-state index in [2.05, 4.69) is 0 Å². The van der Waals surface area contributed by atoms with Gasteiger partial charge in [0.2, 0.25) is 0 Å². The Morgan fingerprint density at radius 2 is 1.60 bits per heavy atom. The highest BCUT2D eigenvalue weighted by Gasteiger charge is 2.38. The Hall–Kier alpha value is -0.130. The zero-order chi connectivity index (χ0) is 11.1. The Labute approximate surface area is 90.4 Å². The van der Waals surface area contributed by atoms with E-state index >= 15 is 0 Å². The highest BCUT2D eigenvalue weighted by molar-refractivity contribution is 7.86. The molecule has 4 atom stereocenters. The third-order valence-corrected chi connectivity index (χ3v) is 5.23. The van der Waals surface area contributed by atoms with Gasteiger partial charge >= 0.3 is 0 Å². The summed E-state index contributed by atoms with van der Waals surface area (Å²) in [6.45, 7) is 0. The Bertz CT molecular complexity index is 324. The molecule has 2 fully saturated rings. The van der Waals surface area contributed by atoms with Crippen molar-refractivity contribution in [2.24, 2.45) is 11.8 Å². The Kier molecular flexibility index (Phi) is 3.05. The lowest BCUT2D eigenvalue weighted by molar-refractivity contribution is 0.0493. The van der Waals surface area contributed by atoms with Crippen LogP contribution in [0.5, 0.6) is 0 Å². The van der Waals surface area contributed by atoms with E-state index in [1.54, 1.807) is 0 Å². The molecule has 0 aromatic rings. The lowest BCUT2D eigenvalue weighted by Gasteiger charge is -2.39. The Balaban J connectivity index is 2.03. The van der Waals surface area contributed by atoms with Crippen LogP contribution in [-0.2, 0) is 10.1 Å². The Morgan fingerprint density at radius 1 is 0.933 bits per heavy atom. The second kappa shape index (κ2) is 4.03. The van der Waals surface area contributed by atoms with Crippen LogP contribution in [0.1, 0.15) is 38.5 Å². The lowest BCUT2D eigenvalue weighted by Crippen LogP contribution is -2.37. The van der Waals surface area contributed by atoms with Crippen LogP contribution in [0.4, 0.5) is 0 Å². The van der Waals surface area contributed by atoms with Gasteiger partial charge in [0.1, 0.15) is 0 Å². The third kappa shape index (κ3) is 2.52. The molecule has 0 aliphatic heterocycles. The van der Waals surface area contributed by atoms with E-state index in [9.17, 15) is 13.5 Å². The first-order valence-electron chi connectivity index (χ1n) is 5.61. The predicted octanol–water partition coefficient (Wildman–Crippen LogP) is 1.20. The fourth-order valence-electron chi connectivity index (χ4n) is 3.10. The smallest absolute Gasteiger partial charge is 0.267 e. The largest absolute Gasteiger partial charge is 0.393 e. The molecule has 4 unspecified atom stereocenters. The number of rotatable bonds is 1. The molecule has 88 valence electrons. The topological polar surface area (TPSA) is 74.6 Å². The second-order valence-electron chi connectivity index (χ2n) is 4.94. The highest BCUT2D eigenvalue weighted by atomic mass is 32.2. The van der Waals surface area contributed by atoms with Gasteiger partial charge in [-0.25, -0.2) is 0 Å². The Morgan fingerprint density at radius 3 is 2.27 bits per heavy atom. The van der Waals surface area contributed by atoms with Gasteiger partial charge < -0.3 is 5.11 Å². The van der Waals surface area contributed by atoms with Crippen molar-refractivity contribution in [2.75, 3.05) is 0 Å². The van der Waals surface area contributed by atoms with Crippen LogP contribution in [-0.4, -0.2) is 29.4 Å². The van der Waals surface area contributed by atoms with Crippen molar-refractivity contribution in [1.82, 2.24) is 0 Å². The maximum Gasteiger partial charge on any atom is 0.267 e. The minimum absolute atomic E-state index is 0.272. The summed E-state index contributed by atoms with van der Waals surface area (Å²) in [4.78, 5) is 0. The number of hydrogen-bond acceptors (Lipinski definition) is 3. The van der Waals surface area contributed by atoms with Crippen molar-refractivity contribution in [3.8, 4) is 0 Å². The molecule has 2 rings (SSSR count). The molecule has 2 saturated carbocycles. The number of aliphatic hydroxyl groups excluding tert-OH is 1. The zero-order valence-electron chi connectivity index (χ0n) is 8.67. The minimum Gasteiger partial charge on any atom is -0.393 e. The van der Waals surface area contributed by atoms with Crippen LogP contribution in [0.15, 0.2) is 0 Å². The van der Waals surface area contributed by atoms with Gasteiger partial charge in [-0.05, 0) is 50.4 Å². The standard InChI is InChI=1S/C10H18O4S/c11-9-3-1-7-2-4-10(15(12,13)14)6-8(7)5-9/h7-11H,1-6H2,(H,12,13,14). The van der Waals surface area contributed by atoms with E-state index < -0.39 is 15.4 Å². The second-order valence-corrected chi connectivity index (χ2v) is 6.63. The summed E-state index contributed by atoms with van der Waals surface area (Å²) in [7, 11) is -3.88. The van der Waals surface area contributed by atoms with Crippen molar-refractivity contribution in [1.29, 1.82) is 0 Å². The van der Waals surface area contributed by atoms with Gasteiger partial charge in [-0.1, -0.05) is 0 Å². The van der Waals surface area contributed by atoms with Gasteiger partial charge in [0.15, 0.2) is 0 Å². The molecule has 0 radical (unpaired) electrons. The summed E-state index contributed by atoms with van der Waals surface area (Å²) in [6, 6.07) is 0. The van der Waals surface area contributed by atoms with Gasteiger partial charge in [0.25, 0.3) is 10.1 Å². The maximum absolute atomic E-state index is 11.0. The molecule has 0 saturated heterocycles. The zero-order valence-corrected chi connectivity index (χ0v) is 9.49. The van der Waals surface area contributed by atoms with E-state index in [-0.39, 0.29) is 12.0 Å². The number of fused-ring (bicyclic) bond motifs is 1. The van der Waals surface area contributed by atoms with Gasteiger partial charge in [-0.2, -0.15) is 8.42 Å². The average molecular weight is 234 g/mol. The van der Waals surface area contributed by atoms with E-state index in [0.29, 0.717) is 25.2 Å². The van der Waals surface area contributed by atoms with E-state index in [4.69, 9.17) is 4.55 Å². The summed E-state index contributed by atoms with van der Waals surface area (Å²) in [5.41, 5.74) is 0. The summed E-state index contributed by atoms with van der Waals surface area (Å²) in [5.74, 6) is 0.848. The van der Waals surface area contributed by atoms with Crippen molar-refractivity contribution < 1.29 is 18.1 Å². The molecule has 0 spiro atoms. The van der Waals surface area contributed by atoms with Crippen LogP contribution < -0.4 is 0 Å². The number of hydrogen-bond donors (Lipinski definition) is 2. The summed E-state index contributed by atoms with van der Waals surface area (Å²) in [6.07, 6.45) is 4.27. The monoisotopic (exact) mass is 234 g/mol. The van der Waals surface area contributed by atoms with E-state index in [1.807, 2.05) is 0 Å². The summed E-state index contributed by atoms with van der Waals surface area (Å²) < 4.78 is 31.1. The molecule has 0 amide bonds. The van der Waals surface area contributed by atoms with Gasteiger partial charge in [-0.3, -0.25) is 4.55 Å². The maximum atomic E-state index is 11.0. The molecule has 15 heavy (non-hydrogen) atoms. The first kappa shape index (κ1) is 11.4. The predicted molar refractivity (Wildman–Crippen MR) is 56.0 cm³/mol. The van der Waals surface area contributed by atoms with Crippen molar-refractivity contribution in [3.63, 3.8) is 0 Å². The molecule has 0 aromatic carbocycles. The summed E-state index contributed by atoms with van der Waals surface area (Å²) >= 11 is 0. The van der Waals surface area contributed by atoms with Gasteiger partial charge in [-0.15, -0.1) is 0 Å². The number of aliphatic hydroxyl groups is 1. The van der Waals surface area contributed by atoms with Crippen LogP contribution in [0, 0.1) is 11.8 Å². The van der Waals surface area contributed by atoms with Crippen LogP contribution in [0.2, 0.25) is 0 Å². The van der Waals surface area contributed by atoms with Gasteiger partial charge in [0, 0.05) is 0 Å². The van der Waals surface area contributed by atoms with Crippen LogP contribution in [0.25, 0.3) is 0 Å². The molecule has 2 aliphatic rings. The molecule has 0 aromatic heterocycles. The minimum atomic E-state index is -3.88. The molecule has 0 heterocycles. The lowest BCUT2D eigenvalue weighted by atomic mass is 9.70. The fraction of sp³-hybridized carbons (Fsp3) is 1.00. The molecular weight excluding hydrogens is 216 g/mol. The van der Waals surface area contributed by atoms with E-state index in [0.717, 1.165) is 19.3 Å². The third-order valence-electron chi connectivity index (χ3n) is 3.96. The van der Waals surface area contributed by atoms with Crippen LogP contribution in [0.3, 0.4) is 0 Å². The fourth-order valence-corrected chi connectivity index (χ4v) is 4.02.